The van der Waals surface area contributed by atoms with Gasteiger partial charge in [-0.25, -0.2) is 4.79 Å². The minimum atomic E-state index is -0.899. The van der Waals surface area contributed by atoms with Crippen molar-refractivity contribution in [2.75, 3.05) is 33.9 Å². The van der Waals surface area contributed by atoms with E-state index in [0.717, 1.165) is 12.8 Å². The maximum Gasteiger partial charge on any atom is 0.317 e. The van der Waals surface area contributed by atoms with Crippen molar-refractivity contribution in [3.05, 3.63) is 0 Å². The van der Waals surface area contributed by atoms with Crippen LogP contribution >= 0.6 is 0 Å². The maximum absolute atomic E-state index is 11.7. The summed E-state index contributed by atoms with van der Waals surface area (Å²) in [6, 6.07) is -0.223. The number of aliphatic carboxylic acids is 1. The predicted molar refractivity (Wildman–Crippen MR) is 66.4 cm³/mol. The molecule has 18 heavy (non-hydrogen) atoms. The fraction of sp³-hybridized carbons (Fsp3) is 0.833. The number of rotatable bonds is 7. The van der Waals surface area contributed by atoms with Crippen molar-refractivity contribution < 1.29 is 19.4 Å². The summed E-state index contributed by atoms with van der Waals surface area (Å²) >= 11 is 0. The molecule has 0 aliphatic heterocycles. The van der Waals surface area contributed by atoms with E-state index in [1.165, 1.54) is 11.3 Å². The highest BCUT2D eigenvalue weighted by molar-refractivity contribution is 5.75. The van der Waals surface area contributed by atoms with Crippen LogP contribution in [-0.2, 0) is 9.53 Å². The van der Waals surface area contributed by atoms with Crippen LogP contribution in [0.4, 0.5) is 4.79 Å². The van der Waals surface area contributed by atoms with Crippen LogP contribution in [0.5, 0.6) is 0 Å². The van der Waals surface area contributed by atoms with Gasteiger partial charge < -0.3 is 20.1 Å². The molecule has 0 atom stereocenters. The summed E-state index contributed by atoms with van der Waals surface area (Å²) in [7, 11) is 3.27. The van der Waals surface area contributed by atoms with Crippen LogP contribution in [0.25, 0.3) is 0 Å². The van der Waals surface area contributed by atoms with E-state index >= 15 is 0 Å². The highest BCUT2D eigenvalue weighted by Gasteiger charge is 2.37. The van der Waals surface area contributed by atoms with Gasteiger partial charge >= 0.3 is 12.0 Å². The second kappa shape index (κ2) is 6.58. The van der Waals surface area contributed by atoms with Crippen LogP contribution in [0.15, 0.2) is 0 Å². The Hall–Kier alpha value is -1.30. The van der Waals surface area contributed by atoms with E-state index in [1.54, 1.807) is 14.2 Å². The van der Waals surface area contributed by atoms with Gasteiger partial charge in [0, 0.05) is 32.7 Å². The topological polar surface area (TPSA) is 78.9 Å². The third kappa shape index (κ3) is 4.18. The summed E-state index contributed by atoms with van der Waals surface area (Å²) in [6.45, 7) is 1.47. The van der Waals surface area contributed by atoms with Crippen molar-refractivity contribution in [2.45, 2.75) is 25.7 Å². The zero-order chi connectivity index (χ0) is 13.6. The third-order valence-electron chi connectivity index (χ3n) is 3.49. The summed E-state index contributed by atoms with van der Waals surface area (Å²) in [5.41, 5.74) is 0.0814. The maximum atomic E-state index is 11.7. The Labute approximate surface area is 107 Å². The fourth-order valence-electron chi connectivity index (χ4n) is 2.12. The first-order valence-corrected chi connectivity index (χ1v) is 6.19. The molecule has 6 heteroatoms. The highest BCUT2D eigenvalue weighted by atomic mass is 16.5. The van der Waals surface area contributed by atoms with Crippen LogP contribution in [0, 0.1) is 5.41 Å². The number of carboxylic acids is 1. The average Bonchev–Trinajstić information content (AvgIpc) is 2.28. The van der Waals surface area contributed by atoms with Gasteiger partial charge in [-0.05, 0) is 12.8 Å². The zero-order valence-corrected chi connectivity index (χ0v) is 11.1. The Bertz CT molecular complexity index is 302. The molecule has 0 saturated heterocycles. The number of carbonyl (C=O) groups is 2. The Morgan fingerprint density at radius 2 is 2.11 bits per heavy atom. The zero-order valence-electron chi connectivity index (χ0n) is 11.1. The first-order valence-electron chi connectivity index (χ1n) is 6.19. The molecule has 6 nitrogen and oxygen atoms in total. The summed E-state index contributed by atoms with van der Waals surface area (Å²) in [4.78, 5) is 23.5. The molecule has 0 unspecified atom stereocenters. The lowest BCUT2D eigenvalue weighted by Crippen LogP contribution is -2.48. The van der Waals surface area contributed by atoms with Gasteiger partial charge in [-0.3, -0.25) is 4.79 Å². The second-order valence-corrected chi connectivity index (χ2v) is 5.01. The second-order valence-electron chi connectivity index (χ2n) is 5.01. The monoisotopic (exact) mass is 258 g/mol. The molecule has 1 rings (SSSR count). The fourth-order valence-corrected chi connectivity index (χ4v) is 2.12. The van der Waals surface area contributed by atoms with Gasteiger partial charge in [0.25, 0.3) is 0 Å². The van der Waals surface area contributed by atoms with Crippen LogP contribution < -0.4 is 5.32 Å². The number of carbonyl (C=O) groups excluding carboxylic acids is 1. The van der Waals surface area contributed by atoms with Crippen molar-refractivity contribution in [2.24, 2.45) is 5.41 Å². The van der Waals surface area contributed by atoms with E-state index in [4.69, 9.17) is 9.84 Å². The van der Waals surface area contributed by atoms with Gasteiger partial charge in [-0.15, -0.1) is 0 Å². The Kier molecular flexibility index (Phi) is 5.40. The number of urea groups is 1. The normalized spacial score (nSPS) is 16.8. The van der Waals surface area contributed by atoms with E-state index in [-0.39, 0.29) is 24.4 Å². The van der Waals surface area contributed by atoms with Gasteiger partial charge in [0.1, 0.15) is 0 Å². The SMILES string of the molecule is COCC1(CNC(=O)N(C)CCC(=O)O)CCC1. The van der Waals surface area contributed by atoms with Gasteiger partial charge in [-0.2, -0.15) is 0 Å². The first kappa shape index (κ1) is 14.8. The molecule has 104 valence electrons. The number of nitrogens with one attached hydrogen (secondary N) is 1. The van der Waals surface area contributed by atoms with E-state index in [2.05, 4.69) is 5.32 Å². The molecule has 0 aromatic carbocycles. The molecule has 0 bridgehead atoms. The molecule has 0 aromatic heterocycles. The van der Waals surface area contributed by atoms with Crippen molar-refractivity contribution in [1.29, 1.82) is 0 Å². The summed E-state index contributed by atoms with van der Waals surface area (Å²) in [5.74, 6) is -0.899. The molecule has 0 radical (unpaired) electrons. The summed E-state index contributed by atoms with van der Waals surface area (Å²) in [5, 5.41) is 11.4. The standard InChI is InChI=1S/C12H22N2O4/c1-14(7-4-10(15)16)11(17)13-8-12(9-18-2)5-3-6-12/h3-9H2,1-2H3,(H,13,17)(H,15,16). The van der Waals surface area contributed by atoms with Crippen molar-refractivity contribution in [1.82, 2.24) is 10.2 Å². The lowest BCUT2D eigenvalue weighted by Gasteiger charge is -2.41. The minimum Gasteiger partial charge on any atom is -0.481 e. The van der Waals surface area contributed by atoms with E-state index in [0.29, 0.717) is 13.2 Å². The van der Waals surface area contributed by atoms with Crippen LogP contribution in [0.1, 0.15) is 25.7 Å². The summed E-state index contributed by atoms with van der Waals surface area (Å²) < 4.78 is 5.18. The number of hydrogen-bond donors (Lipinski definition) is 2. The Morgan fingerprint density at radius 3 is 2.56 bits per heavy atom. The van der Waals surface area contributed by atoms with Crippen LogP contribution in [0.2, 0.25) is 0 Å². The predicted octanol–water partition coefficient (Wildman–Crippen LogP) is 0.919. The Morgan fingerprint density at radius 1 is 1.44 bits per heavy atom. The lowest BCUT2D eigenvalue weighted by atomic mass is 9.69. The smallest absolute Gasteiger partial charge is 0.317 e. The molecule has 0 heterocycles. The molecule has 2 N–H and O–H groups in total. The molecule has 0 spiro atoms. The van der Waals surface area contributed by atoms with E-state index < -0.39 is 5.97 Å². The number of carboxylic acid groups (broad SMARTS) is 1. The molecule has 1 saturated carbocycles. The molecular formula is C12H22N2O4. The average molecular weight is 258 g/mol. The van der Waals surface area contributed by atoms with Crippen LogP contribution in [-0.4, -0.2) is 55.9 Å². The molecule has 1 fully saturated rings. The van der Waals surface area contributed by atoms with Gasteiger partial charge in [0.2, 0.25) is 0 Å². The molecule has 0 aromatic rings. The number of methoxy groups -OCH3 is 1. The molecule has 2 amide bonds. The molecule has 1 aliphatic carbocycles. The van der Waals surface area contributed by atoms with Crippen LogP contribution in [0.3, 0.4) is 0 Å². The lowest BCUT2D eigenvalue weighted by molar-refractivity contribution is -0.137. The molecular weight excluding hydrogens is 236 g/mol. The van der Waals surface area contributed by atoms with Crippen molar-refractivity contribution in [3.8, 4) is 0 Å². The largest absolute Gasteiger partial charge is 0.481 e. The third-order valence-corrected chi connectivity index (χ3v) is 3.49. The van der Waals surface area contributed by atoms with E-state index in [1.807, 2.05) is 0 Å². The molecule has 1 aliphatic rings. The van der Waals surface area contributed by atoms with Gasteiger partial charge in [-0.1, -0.05) is 6.42 Å². The van der Waals surface area contributed by atoms with E-state index in [9.17, 15) is 9.59 Å². The van der Waals surface area contributed by atoms with Gasteiger partial charge in [0.05, 0.1) is 13.0 Å². The number of amides is 2. The number of hydrogen-bond acceptors (Lipinski definition) is 3. The van der Waals surface area contributed by atoms with Gasteiger partial charge in [0.15, 0.2) is 0 Å². The quantitative estimate of drug-likeness (QED) is 0.711. The van der Waals surface area contributed by atoms with Crippen molar-refractivity contribution in [3.63, 3.8) is 0 Å². The highest BCUT2D eigenvalue weighted by Crippen LogP contribution is 2.40. The minimum absolute atomic E-state index is 0.0346. The van der Waals surface area contributed by atoms with Crippen molar-refractivity contribution >= 4 is 12.0 Å². The summed E-state index contributed by atoms with van der Waals surface area (Å²) in [6.07, 6.45) is 3.28. The first-order chi connectivity index (χ1) is 8.49. The number of nitrogens with zero attached hydrogens (tertiary/aromatic N) is 1. The Balaban J connectivity index is 2.29. The number of ether oxygens (including phenoxy) is 1.